The van der Waals surface area contributed by atoms with Crippen molar-refractivity contribution in [1.82, 2.24) is 4.98 Å². The molecule has 4 heteroatoms. The fourth-order valence-electron chi connectivity index (χ4n) is 2.06. The third kappa shape index (κ3) is 2.46. The van der Waals surface area contributed by atoms with Crippen LogP contribution in [0, 0.1) is 0 Å². The fraction of sp³-hybridized carbons (Fsp3) is 0.375. The highest BCUT2D eigenvalue weighted by Gasteiger charge is 2.22. The highest BCUT2D eigenvalue weighted by Crippen LogP contribution is 2.26. The number of benzene rings is 1. The second-order valence-corrected chi connectivity index (χ2v) is 5.57. The molecule has 1 N–H and O–H groups in total. The van der Waals surface area contributed by atoms with Crippen LogP contribution in [0.5, 0.6) is 0 Å². The van der Waals surface area contributed by atoms with Crippen LogP contribution in [-0.2, 0) is 0 Å². The van der Waals surface area contributed by atoms with E-state index in [-0.39, 0.29) is 5.54 Å². The molecule has 20 heavy (non-hydrogen) atoms. The van der Waals surface area contributed by atoms with E-state index in [1.165, 1.54) is 0 Å². The number of nitrogens with zero attached hydrogens (tertiary/aromatic N) is 2. The number of anilines is 1. The number of aromatic carboxylic acids is 1. The van der Waals surface area contributed by atoms with Crippen LogP contribution < -0.4 is 4.90 Å². The highest BCUT2D eigenvalue weighted by molar-refractivity contribution is 6.02. The number of pyridine rings is 1. The Labute approximate surface area is 119 Å². The molecule has 0 spiro atoms. The zero-order valence-corrected chi connectivity index (χ0v) is 12.3. The third-order valence-electron chi connectivity index (χ3n) is 4.06. The van der Waals surface area contributed by atoms with E-state index in [0.29, 0.717) is 16.5 Å². The lowest BCUT2D eigenvalue weighted by molar-refractivity contribution is 0.0699. The van der Waals surface area contributed by atoms with Crippen molar-refractivity contribution in [3.63, 3.8) is 0 Å². The summed E-state index contributed by atoms with van der Waals surface area (Å²) in [6.07, 6.45) is 0.998. The van der Waals surface area contributed by atoms with Crippen molar-refractivity contribution in [1.29, 1.82) is 0 Å². The Morgan fingerprint density at radius 1 is 1.30 bits per heavy atom. The van der Waals surface area contributed by atoms with E-state index in [1.54, 1.807) is 12.1 Å². The lowest BCUT2D eigenvalue weighted by Gasteiger charge is -2.35. The van der Waals surface area contributed by atoms with Crippen molar-refractivity contribution >= 4 is 22.7 Å². The molecule has 0 radical (unpaired) electrons. The summed E-state index contributed by atoms with van der Waals surface area (Å²) in [7, 11) is 2.01. The number of hydrogen-bond acceptors (Lipinski definition) is 3. The summed E-state index contributed by atoms with van der Waals surface area (Å²) in [5.74, 6) is -0.0701. The Kier molecular flexibility index (Phi) is 3.66. The van der Waals surface area contributed by atoms with E-state index in [4.69, 9.17) is 0 Å². The van der Waals surface area contributed by atoms with E-state index < -0.39 is 5.97 Å². The summed E-state index contributed by atoms with van der Waals surface area (Å²) in [4.78, 5) is 17.9. The van der Waals surface area contributed by atoms with Gasteiger partial charge in [0.25, 0.3) is 0 Å². The number of aromatic nitrogens is 1. The molecule has 2 rings (SSSR count). The van der Waals surface area contributed by atoms with Crippen molar-refractivity contribution in [3.8, 4) is 0 Å². The predicted octanol–water partition coefficient (Wildman–Crippen LogP) is 3.56. The van der Waals surface area contributed by atoms with Crippen LogP contribution in [0.4, 0.5) is 5.82 Å². The maximum absolute atomic E-state index is 11.2. The first kappa shape index (κ1) is 14.3. The fourth-order valence-corrected chi connectivity index (χ4v) is 2.06. The molecule has 4 nitrogen and oxygen atoms in total. The van der Waals surface area contributed by atoms with Gasteiger partial charge >= 0.3 is 5.97 Å². The third-order valence-corrected chi connectivity index (χ3v) is 4.06. The zero-order valence-electron chi connectivity index (χ0n) is 12.3. The number of hydrogen-bond donors (Lipinski definition) is 1. The van der Waals surface area contributed by atoms with Gasteiger partial charge in [-0.05, 0) is 44.5 Å². The van der Waals surface area contributed by atoms with Crippen LogP contribution in [0.15, 0.2) is 30.3 Å². The average molecular weight is 272 g/mol. The normalized spacial score (nSPS) is 11.6. The molecule has 106 valence electrons. The highest BCUT2D eigenvalue weighted by atomic mass is 16.4. The van der Waals surface area contributed by atoms with Gasteiger partial charge in [-0.15, -0.1) is 0 Å². The number of rotatable bonds is 4. The van der Waals surface area contributed by atoms with E-state index in [2.05, 4.69) is 30.7 Å². The van der Waals surface area contributed by atoms with Crippen molar-refractivity contribution < 1.29 is 9.90 Å². The van der Waals surface area contributed by atoms with E-state index in [0.717, 1.165) is 12.2 Å². The largest absolute Gasteiger partial charge is 0.478 e. The Hall–Kier alpha value is -2.10. The number of carboxylic acids is 1. The van der Waals surface area contributed by atoms with E-state index in [1.807, 2.05) is 25.2 Å². The molecule has 0 saturated heterocycles. The first-order valence-electron chi connectivity index (χ1n) is 6.73. The molecule has 0 fully saturated rings. The molecular formula is C16H20N2O2. The minimum absolute atomic E-state index is 0.00504. The molecule has 0 saturated carbocycles. The van der Waals surface area contributed by atoms with Gasteiger partial charge in [0, 0.05) is 18.0 Å². The van der Waals surface area contributed by atoms with Gasteiger partial charge in [-0.2, -0.15) is 0 Å². The molecule has 1 heterocycles. The van der Waals surface area contributed by atoms with Crippen molar-refractivity contribution in [2.24, 2.45) is 0 Å². The predicted molar refractivity (Wildman–Crippen MR) is 81.5 cm³/mol. The lowest BCUT2D eigenvalue weighted by atomic mass is 10.00. The number of carboxylic acid groups (broad SMARTS) is 1. The summed E-state index contributed by atoms with van der Waals surface area (Å²) < 4.78 is 0. The van der Waals surface area contributed by atoms with Gasteiger partial charge in [-0.25, -0.2) is 9.78 Å². The molecule has 0 aliphatic carbocycles. The molecule has 1 aromatic carbocycles. The first-order chi connectivity index (χ1) is 9.36. The van der Waals surface area contributed by atoms with Gasteiger partial charge < -0.3 is 10.0 Å². The molecule has 0 aliphatic heterocycles. The lowest BCUT2D eigenvalue weighted by Crippen LogP contribution is -2.41. The maximum Gasteiger partial charge on any atom is 0.336 e. The molecule has 1 aromatic heterocycles. The molecular weight excluding hydrogens is 252 g/mol. The summed E-state index contributed by atoms with van der Waals surface area (Å²) in [5, 5.41) is 9.86. The van der Waals surface area contributed by atoms with Crippen LogP contribution in [0.25, 0.3) is 10.9 Å². The van der Waals surface area contributed by atoms with E-state index >= 15 is 0 Å². The minimum atomic E-state index is -0.924. The van der Waals surface area contributed by atoms with Gasteiger partial charge in [-0.3, -0.25) is 0 Å². The average Bonchev–Trinajstić information content (AvgIpc) is 2.44. The Morgan fingerprint density at radius 2 is 2.00 bits per heavy atom. The molecule has 0 amide bonds. The zero-order chi connectivity index (χ0) is 14.9. The number of fused-ring (bicyclic) bond motifs is 1. The van der Waals surface area contributed by atoms with E-state index in [9.17, 15) is 9.90 Å². The summed E-state index contributed by atoms with van der Waals surface area (Å²) in [6.45, 7) is 6.46. The molecule has 0 bridgehead atoms. The molecule has 0 unspecified atom stereocenters. The number of carbonyl (C=O) groups is 1. The Bertz CT molecular complexity index is 650. The summed E-state index contributed by atoms with van der Waals surface area (Å²) in [5.41, 5.74) is 1.01. The van der Waals surface area contributed by atoms with Crippen molar-refractivity contribution in [2.45, 2.75) is 32.7 Å². The summed E-state index contributed by atoms with van der Waals surface area (Å²) in [6, 6.07) is 8.90. The van der Waals surface area contributed by atoms with Gasteiger partial charge in [0.05, 0.1) is 11.1 Å². The van der Waals surface area contributed by atoms with Crippen molar-refractivity contribution in [2.75, 3.05) is 11.9 Å². The quantitative estimate of drug-likeness (QED) is 0.924. The second kappa shape index (κ2) is 5.12. The van der Waals surface area contributed by atoms with Gasteiger partial charge in [0.15, 0.2) is 0 Å². The smallest absolute Gasteiger partial charge is 0.336 e. The van der Waals surface area contributed by atoms with Crippen molar-refractivity contribution in [3.05, 3.63) is 35.9 Å². The SMILES string of the molecule is CCC(C)(C)N(C)c1ccc2c(C(=O)O)cccc2n1. The molecule has 0 atom stereocenters. The maximum atomic E-state index is 11.2. The van der Waals surface area contributed by atoms with Crippen LogP contribution >= 0.6 is 0 Å². The standard InChI is InChI=1S/C16H20N2O2/c1-5-16(2,3)18(4)14-10-9-11-12(15(19)20)7-6-8-13(11)17-14/h6-10H,5H2,1-4H3,(H,19,20). The minimum Gasteiger partial charge on any atom is -0.478 e. The molecule has 0 aliphatic rings. The molecule has 2 aromatic rings. The topological polar surface area (TPSA) is 53.4 Å². The van der Waals surface area contributed by atoms with Gasteiger partial charge in [0.1, 0.15) is 5.82 Å². The second-order valence-electron chi connectivity index (χ2n) is 5.57. The van der Waals surface area contributed by atoms with Crippen LogP contribution in [0.2, 0.25) is 0 Å². The monoisotopic (exact) mass is 272 g/mol. The van der Waals surface area contributed by atoms with Crippen LogP contribution in [-0.4, -0.2) is 28.6 Å². The van der Waals surface area contributed by atoms with Crippen LogP contribution in [0.1, 0.15) is 37.6 Å². The van der Waals surface area contributed by atoms with Gasteiger partial charge in [-0.1, -0.05) is 13.0 Å². The Morgan fingerprint density at radius 3 is 2.60 bits per heavy atom. The first-order valence-corrected chi connectivity index (χ1v) is 6.73. The van der Waals surface area contributed by atoms with Gasteiger partial charge in [0.2, 0.25) is 0 Å². The van der Waals surface area contributed by atoms with Crippen LogP contribution in [0.3, 0.4) is 0 Å². The Balaban J connectivity index is 2.53. The summed E-state index contributed by atoms with van der Waals surface area (Å²) >= 11 is 0.